The van der Waals surface area contributed by atoms with Crippen LogP contribution < -0.4 is 10.1 Å². The number of amides is 1. The molecule has 1 heterocycles. The van der Waals surface area contributed by atoms with Gasteiger partial charge in [-0.2, -0.15) is 0 Å². The highest BCUT2D eigenvalue weighted by Gasteiger charge is 2.19. The van der Waals surface area contributed by atoms with Gasteiger partial charge in [-0.3, -0.25) is 9.69 Å². The topological polar surface area (TPSA) is 50.8 Å². The average molecular weight is 380 g/mol. The van der Waals surface area contributed by atoms with Crippen molar-refractivity contribution in [3.05, 3.63) is 71.8 Å². The summed E-state index contributed by atoms with van der Waals surface area (Å²) in [7, 11) is 0. The first-order chi connectivity index (χ1) is 13.7. The minimum Gasteiger partial charge on any atom is -0.494 e. The Morgan fingerprint density at radius 3 is 2.54 bits per heavy atom. The zero-order valence-corrected chi connectivity index (χ0v) is 16.3. The first-order valence-corrected chi connectivity index (χ1v) is 9.81. The number of benzene rings is 2. The fourth-order valence-corrected chi connectivity index (χ4v) is 3.20. The van der Waals surface area contributed by atoms with Gasteiger partial charge >= 0.3 is 0 Å². The van der Waals surface area contributed by atoms with Gasteiger partial charge in [0.25, 0.3) is 0 Å². The maximum atomic E-state index is 12.5. The van der Waals surface area contributed by atoms with Crippen molar-refractivity contribution >= 4 is 12.0 Å². The van der Waals surface area contributed by atoms with E-state index in [0.717, 1.165) is 49.7 Å². The van der Waals surface area contributed by atoms with Gasteiger partial charge in [0.2, 0.25) is 5.91 Å². The number of hydrogen-bond donors (Lipinski definition) is 1. The average Bonchev–Trinajstić information content (AvgIpc) is 2.74. The Bertz CT molecular complexity index is 753. The molecule has 0 spiro atoms. The molecule has 1 aliphatic rings. The lowest BCUT2D eigenvalue weighted by Gasteiger charge is -2.31. The van der Waals surface area contributed by atoms with Crippen molar-refractivity contribution in [2.24, 2.45) is 0 Å². The van der Waals surface area contributed by atoms with Gasteiger partial charge < -0.3 is 14.8 Å². The molecular weight excluding hydrogens is 352 g/mol. The number of rotatable bonds is 8. The highest BCUT2D eigenvalue weighted by molar-refractivity contribution is 5.92. The molecule has 1 saturated heterocycles. The van der Waals surface area contributed by atoms with E-state index in [4.69, 9.17) is 9.47 Å². The second kappa shape index (κ2) is 10.6. The van der Waals surface area contributed by atoms with Crippen molar-refractivity contribution in [1.29, 1.82) is 0 Å². The van der Waals surface area contributed by atoms with Crippen molar-refractivity contribution in [1.82, 2.24) is 10.2 Å². The Balaban J connectivity index is 1.62. The lowest BCUT2D eigenvalue weighted by atomic mass is 10.1. The molecule has 1 N–H and O–H groups in total. The van der Waals surface area contributed by atoms with E-state index in [1.54, 1.807) is 6.08 Å². The molecule has 0 saturated carbocycles. The second-order valence-electron chi connectivity index (χ2n) is 6.72. The van der Waals surface area contributed by atoms with Gasteiger partial charge in [0, 0.05) is 25.7 Å². The molecule has 148 valence electrons. The van der Waals surface area contributed by atoms with E-state index in [-0.39, 0.29) is 11.9 Å². The molecule has 5 heteroatoms. The predicted molar refractivity (Wildman–Crippen MR) is 111 cm³/mol. The van der Waals surface area contributed by atoms with Crippen molar-refractivity contribution in [3.63, 3.8) is 0 Å². The van der Waals surface area contributed by atoms with Crippen LogP contribution in [-0.4, -0.2) is 50.3 Å². The third-order valence-corrected chi connectivity index (χ3v) is 4.68. The van der Waals surface area contributed by atoms with Gasteiger partial charge in [-0.05, 0) is 36.3 Å². The predicted octanol–water partition coefficient (Wildman–Crippen LogP) is 3.29. The molecule has 28 heavy (non-hydrogen) atoms. The summed E-state index contributed by atoms with van der Waals surface area (Å²) in [6, 6.07) is 17.8. The summed E-state index contributed by atoms with van der Waals surface area (Å²) in [5, 5.41) is 3.15. The third kappa shape index (κ3) is 6.22. The number of morpholine rings is 1. The minimum absolute atomic E-state index is 0.0585. The van der Waals surface area contributed by atoms with E-state index in [1.165, 1.54) is 0 Å². The van der Waals surface area contributed by atoms with E-state index in [9.17, 15) is 4.79 Å². The van der Waals surface area contributed by atoms with Crippen molar-refractivity contribution in [2.45, 2.75) is 13.0 Å². The Hall–Kier alpha value is -2.63. The number of hydrogen-bond acceptors (Lipinski definition) is 4. The summed E-state index contributed by atoms with van der Waals surface area (Å²) in [5.41, 5.74) is 2.07. The van der Waals surface area contributed by atoms with Gasteiger partial charge in [-0.25, -0.2) is 0 Å². The zero-order chi connectivity index (χ0) is 19.6. The molecule has 1 amide bonds. The van der Waals surface area contributed by atoms with Gasteiger partial charge in [0.1, 0.15) is 5.75 Å². The van der Waals surface area contributed by atoms with Crippen molar-refractivity contribution in [3.8, 4) is 5.75 Å². The summed E-state index contributed by atoms with van der Waals surface area (Å²) in [6.45, 7) is 6.64. The fraction of sp³-hybridized carbons (Fsp3) is 0.348. The van der Waals surface area contributed by atoms with Crippen LogP contribution in [0.4, 0.5) is 0 Å². The van der Waals surface area contributed by atoms with Crippen molar-refractivity contribution in [2.75, 3.05) is 39.5 Å². The van der Waals surface area contributed by atoms with E-state index < -0.39 is 0 Å². The Labute approximate surface area is 167 Å². The summed E-state index contributed by atoms with van der Waals surface area (Å²) in [6.07, 6.45) is 3.41. The lowest BCUT2D eigenvalue weighted by Crippen LogP contribution is -2.42. The van der Waals surface area contributed by atoms with Crippen LogP contribution in [0.5, 0.6) is 5.75 Å². The van der Waals surface area contributed by atoms with Crippen LogP contribution in [0.15, 0.2) is 60.7 Å². The molecule has 1 aliphatic heterocycles. The SMILES string of the molecule is CCOc1ccc(/C=C/C(=O)NC(CN2CCOCC2)c2ccccc2)cc1. The highest BCUT2D eigenvalue weighted by Crippen LogP contribution is 2.16. The second-order valence-corrected chi connectivity index (χ2v) is 6.72. The molecule has 2 aromatic rings. The first-order valence-electron chi connectivity index (χ1n) is 9.81. The first kappa shape index (κ1) is 20.1. The van der Waals surface area contributed by atoms with Crippen molar-refractivity contribution < 1.29 is 14.3 Å². The standard InChI is InChI=1S/C23H28N2O3/c1-2-28-21-11-8-19(9-12-21)10-13-23(26)24-22(20-6-4-3-5-7-20)18-25-14-16-27-17-15-25/h3-13,22H,2,14-18H2,1H3,(H,24,26)/b13-10+. The van der Waals surface area contributed by atoms with Crippen LogP contribution in [0.1, 0.15) is 24.1 Å². The van der Waals surface area contributed by atoms with E-state index in [1.807, 2.05) is 55.5 Å². The molecule has 2 aromatic carbocycles. The minimum atomic E-state index is -0.101. The quantitative estimate of drug-likeness (QED) is 0.714. The van der Waals surface area contributed by atoms with Gasteiger partial charge in [-0.1, -0.05) is 42.5 Å². The molecule has 0 aliphatic carbocycles. The smallest absolute Gasteiger partial charge is 0.244 e. The Morgan fingerprint density at radius 2 is 1.86 bits per heavy atom. The van der Waals surface area contributed by atoms with Crippen LogP contribution in [-0.2, 0) is 9.53 Å². The molecule has 5 nitrogen and oxygen atoms in total. The molecular formula is C23H28N2O3. The molecule has 0 aromatic heterocycles. The maximum Gasteiger partial charge on any atom is 0.244 e. The molecule has 0 bridgehead atoms. The number of ether oxygens (including phenoxy) is 2. The van der Waals surface area contributed by atoms with Crippen LogP contribution in [0.2, 0.25) is 0 Å². The molecule has 0 radical (unpaired) electrons. The van der Waals surface area contributed by atoms with Gasteiger partial charge in [0.15, 0.2) is 0 Å². The number of nitrogens with one attached hydrogen (secondary N) is 1. The monoisotopic (exact) mass is 380 g/mol. The fourth-order valence-electron chi connectivity index (χ4n) is 3.20. The van der Waals surface area contributed by atoms with E-state index in [0.29, 0.717) is 6.61 Å². The van der Waals surface area contributed by atoms with Gasteiger partial charge in [0.05, 0.1) is 25.9 Å². The molecule has 1 atom stereocenters. The maximum absolute atomic E-state index is 12.5. The zero-order valence-electron chi connectivity index (χ0n) is 16.3. The third-order valence-electron chi connectivity index (χ3n) is 4.68. The Kier molecular flexibility index (Phi) is 7.64. The largest absolute Gasteiger partial charge is 0.494 e. The van der Waals surface area contributed by atoms with Crippen LogP contribution in [0.3, 0.4) is 0 Å². The highest BCUT2D eigenvalue weighted by atomic mass is 16.5. The lowest BCUT2D eigenvalue weighted by molar-refractivity contribution is -0.117. The Morgan fingerprint density at radius 1 is 1.14 bits per heavy atom. The normalized spacial score (nSPS) is 16.0. The summed E-state index contributed by atoms with van der Waals surface area (Å²) in [4.78, 5) is 14.9. The van der Waals surface area contributed by atoms with Gasteiger partial charge in [-0.15, -0.1) is 0 Å². The van der Waals surface area contributed by atoms with Crippen LogP contribution in [0.25, 0.3) is 6.08 Å². The molecule has 3 rings (SSSR count). The number of carbonyl (C=O) groups excluding carboxylic acids is 1. The van der Waals surface area contributed by atoms with E-state index in [2.05, 4.69) is 22.3 Å². The number of carbonyl (C=O) groups is 1. The summed E-state index contributed by atoms with van der Waals surface area (Å²) < 4.78 is 10.9. The van der Waals surface area contributed by atoms with E-state index >= 15 is 0 Å². The van der Waals surface area contributed by atoms with Crippen LogP contribution >= 0.6 is 0 Å². The molecule has 1 unspecified atom stereocenters. The number of nitrogens with zero attached hydrogens (tertiary/aromatic N) is 1. The molecule has 1 fully saturated rings. The summed E-state index contributed by atoms with van der Waals surface area (Å²) >= 11 is 0. The summed E-state index contributed by atoms with van der Waals surface area (Å²) in [5.74, 6) is 0.731. The van der Waals surface area contributed by atoms with Crippen LogP contribution in [0, 0.1) is 0 Å².